The van der Waals surface area contributed by atoms with E-state index < -0.39 is 11.9 Å². The van der Waals surface area contributed by atoms with Gasteiger partial charge >= 0.3 is 11.9 Å². The van der Waals surface area contributed by atoms with Crippen LogP contribution in [0, 0.1) is 0 Å². The fourth-order valence-corrected chi connectivity index (χ4v) is 2.47. The molecule has 0 bridgehead atoms. The van der Waals surface area contributed by atoms with E-state index in [2.05, 4.69) is 13.8 Å². The molecular weight excluding hydrogens is 304 g/mol. The third-order valence-corrected chi connectivity index (χ3v) is 3.99. The third kappa shape index (κ3) is 29.0. The maximum atomic E-state index is 10.2. The topological polar surface area (TPSA) is 74.6 Å². The number of hydrogen-bond donors (Lipinski definition) is 2. The minimum Gasteiger partial charge on any atom is -0.481 e. The number of unbranched alkanes of at least 4 members (excludes halogenated alkanes) is 12. The molecule has 0 atom stereocenters. The maximum Gasteiger partial charge on any atom is 0.303 e. The molecule has 0 saturated carbocycles. The number of rotatable bonds is 16. The van der Waals surface area contributed by atoms with Crippen LogP contribution in [0.15, 0.2) is 0 Å². The fraction of sp³-hybridized carbons (Fsp3) is 0.900. The predicted octanol–water partition coefficient (Wildman–Crippen LogP) is 6.42. The molecule has 144 valence electrons. The second-order valence-electron chi connectivity index (χ2n) is 6.53. The summed E-state index contributed by atoms with van der Waals surface area (Å²) in [6.45, 7) is 4.39. The van der Waals surface area contributed by atoms with Crippen molar-refractivity contribution in [2.24, 2.45) is 0 Å². The molecule has 0 aliphatic heterocycles. The van der Waals surface area contributed by atoms with E-state index in [1.54, 1.807) is 0 Å². The first-order valence-electron chi connectivity index (χ1n) is 9.98. The SMILES string of the molecule is CCCCCCCCC(=O)O.CCCCCCCCCCC(=O)O. The van der Waals surface area contributed by atoms with Gasteiger partial charge in [-0.3, -0.25) is 9.59 Å². The van der Waals surface area contributed by atoms with Gasteiger partial charge in [0.25, 0.3) is 0 Å². The summed E-state index contributed by atoms with van der Waals surface area (Å²) in [5.74, 6) is -1.33. The van der Waals surface area contributed by atoms with Crippen LogP contribution < -0.4 is 0 Å². The van der Waals surface area contributed by atoms with E-state index in [1.807, 2.05) is 0 Å². The van der Waals surface area contributed by atoms with E-state index in [1.165, 1.54) is 64.2 Å². The van der Waals surface area contributed by atoms with Crippen molar-refractivity contribution in [3.63, 3.8) is 0 Å². The molecule has 2 N–H and O–H groups in total. The van der Waals surface area contributed by atoms with E-state index in [0.717, 1.165) is 25.7 Å². The van der Waals surface area contributed by atoms with Crippen molar-refractivity contribution < 1.29 is 19.8 Å². The molecule has 0 radical (unpaired) electrons. The largest absolute Gasteiger partial charge is 0.481 e. The Kier molecular flexibility index (Phi) is 23.0. The van der Waals surface area contributed by atoms with Crippen LogP contribution in [0.5, 0.6) is 0 Å². The van der Waals surface area contributed by atoms with Gasteiger partial charge in [0.2, 0.25) is 0 Å². The Morgan fingerprint density at radius 2 is 0.750 bits per heavy atom. The minimum atomic E-state index is -0.666. The lowest BCUT2D eigenvalue weighted by molar-refractivity contribution is -0.138. The summed E-state index contributed by atoms with van der Waals surface area (Å²) in [6.07, 6.45) is 17.3. The Balaban J connectivity index is 0. The smallest absolute Gasteiger partial charge is 0.303 e. The van der Waals surface area contributed by atoms with Crippen LogP contribution in [0.2, 0.25) is 0 Å². The van der Waals surface area contributed by atoms with Crippen molar-refractivity contribution in [1.82, 2.24) is 0 Å². The molecule has 4 nitrogen and oxygen atoms in total. The highest BCUT2D eigenvalue weighted by molar-refractivity contribution is 5.66. The number of carbonyl (C=O) groups is 2. The molecule has 4 heteroatoms. The highest BCUT2D eigenvalue weighted by Gasteiger charge is 1.96. The quantitative estimate of drug-likeness (QED) is 0.317. The van der Waals surface area contributed by atoms with Crippen LogP contribution >= 0.6 is 0 Å². The molecule has 0 heterocycles. The highest BCUT2D eigenvalue weighted by atomic mass is 16.4. The molecule has 0 aliphatic rings. The van der Waals surface area contributed by atoms with E-state index in [9.17, 15) is 9.59 Å². The second kappa shape index (κ2) is 21.9. The number of carboxylic acid groups (broad SMARTS) is 2. The maximum absolute atomic E-state index is 10.2. The van der Waals surface area contributed by atoms with Gasteiger partial charge in [-0.25, -0.2) is 0 Å². The molecule has 0 unspecified atom stereocenters. The van der Waals surface area contributed by atoms with Gasteiger partial charge in [0, 0.05) is 12.8 Å². The highest BCUT2D eigenvalue weighted by Crippen LogP contribution is 2.09. The first-order chi connectivity index (χ1) is 11.5. The molecule has 0 aromatic heterocycles. The van der Waals surface area contributed by atoms with Crippen LogP contribution in [0.4, 0.5) is 0 Å². The summed E-state index contributed by atoms with van der Waals surface area (Å²) >= 11 is 0. The van der Waals surface area contributed by atoms with Gasteiger partial charge < -0.3 is 10.2 Å². The van der Waals surface area contributed by atoms with Crippen molar-refractivity contribution in [3.05, 3.63) is 0 Å². The van der Waals surface area contributed by atoms with Gasteiger partial charge in [-0.05, 0) is 12.8 Å². The van der Waals surface area contributed by atoms with Crippen molar-refractivity contribution in [2.75, 3.05) is 0 Å². The molecule has 0 aliphatic carbocycles. The van der Waals surface area contributed by atoms with Gasteiger partial charge in [0.15, 0.2) is 0 Å². The normalized spacial score (nSPS) is 10.1. The van der Waals surface area contributed by atoms with Gasteiger partial charge in [0.1, 0.15) is 0 Å². The monoisotopic (exact) mass is 344 g/mol. The molecule has 24 heavy (non-hydrogen) atoms. The standard InChI is InChI=1S/C11H22O2.C9H18O2/c1-2-3-4-5-6-7-8-9-10-11(12)13;1-2-3-4-5-6-7-8-9(10)11/h2-10H2,1H3,(H,12,13);2-8H2,1H3,(H,10,11). The summed E-state index contributed by atoms with van der Waals surface area (Å²) in [5, 5.41) is 16.7. The third-order valence-electron chi connectivity index (χ3n) is 3.99. The van der Waals surface area contributed by atoms with Crippen LogP contribution in [0.25, 0.3) is 0 Å². The van der Waals surface area contributed by atoms with Gasteiger partial charge in [-0.1, -0.05) is 90.9 Å². The van der Waals surface area contributed by atoms with Crippen LogP contribution in [-0.2, 0) is 9.59 Å². The zero-order valence-corrected chi connectivity index (χ0v) is 16.0. The molecule has 0 aromatic carbocycles. The van der Waals surface area contributed by atoms with Gasteiger partial charge in [-0.15, -0.1) is 0 Å². The van der Waals surface area contributed by atoms with E-state index in [-0.39, 0.29) is 0 Å². The number of aliphatic carboxylic acids is 2. The van der Waals surface area contributed by atoms with Crippen LogP contribution in [0.3, 0.4) is 0 Å². The van der Waals surface area contributed by atoms with Gasteiger partial charge in [-0.2, -0.15) is 0 Å². The van der Waals surface area contributed by atoms with Crippen molar-refractivity contribution in [1.29, 1.82) is 0 Å². The van der Waals surface area contributed by atoms with Crippen molar-refractivity contribution in [3.8, 4) is 0 Å². The Labute approximate surface area is 149 Å². The fourth-order valence-electron chi connectivity index (χ4n) is 2.47. The molecule has 0 spiro atoms. The molecule has 0 saturated heterocycles. The van der Waals surface area contributed by atoms with E-state index in [0.29, 0.717) is 12.8 Å². The molecule has 0 amide bonds. The Bertz CT molecular complexity index is 277. The Morgan fingerprint density at radius 3 is 1.00 bits per heavy atom. The van der Waals surface area contributed by atoms with Crippen molar-refractivity contribution in [2.45, 2.75) is 117 Å². The first kappa shape index (κ1) is 25.2. The first-order valence-corrected chi connectivity index (χ1v) is 9.98. The minimum absolute atomic E-state index is 0.339. The lowest BCUT2D eigenvalue weighted by Gasteiger charge is -1.99. The zero-order valence-electron chi connectivity index (χ0n) is 16.0. The van der Waals surface area contributed by atoms with Crippen molar-refractivity contribution >= 4 is 11.9 Å². The predicted molar refractivity (Wildman–Crippen MR) is 100 cm³/mol. The Hall–Kier alpha value is -1.06. The zero-order chi connectivity index (χ0) is 18.5. The molecule has 0 fully saturated rings. The van der Waals surface area contributed by atoms with Gasteiger partial charge in [0.05, 0.1) is 0 Å². The summed E-state index contributed by atoms with van der Waals surface area (Å²) in [7, 11) is 0. The second-order valence-corrected chi connectivity index (χ2v) is 6.53. The molecule has 0 rings (SSSR count). The lowest BCUT2D eigenvalue weighted by Crippen LogP contribution is -1.93. The van der Waals surface area contributed by atoms with Crippen LogP contribution in [0.1, 0.15) is 117 Å². The average Bonchev–Trinajstić information content (AvgIpc) is 2.53. The summed E-state index contributed by atoms with van der Waals surface area (Å²) < 4.78 is 0. The lowest BCUT2D eigenvalue weighted by atomic mass is 10.1. The molecule has 0 aromatic rings. The average molecular weight is 345 g/mol. The van der Waals surface area contributed by atoms with E-state index >= 15 is 0 Å². The molecular formula is C20H40O4. The summed E-state index contributed by atoms with van der Waals surface area (Å²) in [4.78, 5) is 20.3. The number of carboxylic acids is 2. The van der Waals surface area contributed by atoms with Crippen LogP contribution in [-0.4, -0.2) is 22.2 Å². The summed E-state index contributed by atoms with van der Waals surface area (Å²) in [6, 6.07) is 0. The van der Waals surface area contributed by atoms with E-state index in [4.69, 9.17) is 10.2 Å². The number of hydrogen-bond acceptors (Lipinski definition) is 2. The summed E-state index contributed by atoms with van der Waals surface area (Å²) in [5.41, 5.74) is 0. The Morgan fingerprint density at radius 1 is 0.500 bits per heavy atom.